The molecule has 0 aromatic rings. The average Bonchev–Trinajstić information content (AvgIpc) is 2.66. The van der Waals surface area contributed by atoms with Gasteiger partial charge in [-0.1, -0.05) is 53.7 Å². The molecule has 0 spiro atoms. The van der Waals surface area contributed by atoms with Crippen LogP contribution in [0.3, 0.4) is 0 Å². The molecule has 1 amide bonds. The zero-order valence-corrected chi connectivity index (χ0v) is 21.4. The molecule has 4 nitrogen and oxygen atoms in total. The fraction of sp³-hybridized carbons (Fsp3) is 0.857. The number of carbonyl (C=O) groups excluding carboxylic acids is 1. The number of rotatable bonds is 4. The van der Waals surface area contributed by atoms with Gasteiger partial charge in [-0.3, -0.25) is 4.79 Å². The van der Waals surface area contributed by atoms with Crippen molar-refractivity contribution in [1.82, 2.24) is 4.90 Å². The fourth-order valence-electron chi connectivity index (χ4n) is 3.33. The van der Waals surface area contributed by atoms with Gasteiger partial charge in [-0.15, -0.1) is 0 Å². The van der Waals surface area contributed by atoms with Gasteiger partial charge in [0.05, 0.1) is 5.54 Å². The minimum atomic E-state index is -2.10. The van der Waals surface area contributed by atoms with Crippen molar-refractivity contribution < 1.29 is 13.6 Å². The van der Waals surface area contributed by atoms with E-state index in [2.05, 4.69) is 86.8 Å². The first-order valence-corrected chi connectivity index (χ1v) is 16.1. The third kappa shape index (κ3) is 4.00. The summed E-state index contributed by atoms with van der Waals surface area (Å²) in [5, 5.41) is 0.142. The first-order chi connectivity index (χ1) is 11.9. The van der Waals surface area contributed by atoms with E-state index in [1.54, 1.807) is 0 Å². The second-order valence-corrected chi connectivity index (χ2v) is 21.1. The highest BCUT2D eigenvalue weighted by Crippen LogP contribution is 2.47. The van der Waals surface area contributed by atoms with E-state index < -0.39 is 22.7 Å². The molecule has 2 aliphatic rings. The third-order valence-electron chi connectivity index (χ3n) is 7.46. The molecule has 6 heteroatoms. The Balaban J connectivity index is 2.45. The molecule has 0 aromatic carbocycles. The van der Waals surface area contributed by atoms with Gasteiger partial charge < -0.3 is 13.8 Å². The SMILES string of the molecule is CC(C)(C)[Si](C)(C)O[C@@H]1C(=O)N2CC=CC[C@]2(C)[C@H]1O[Si](C)(C)C(C)(C)C. The second kappa shape index (κ2) is 6.82. The van der Waals surface area contributed by atoms with Crippen LogP contribution < -0.4 is 0 Å². The largest absolute Gasteiger partial charge is 0.408 e. The number of hydrogen-bond donors (Lipinski definition) is 0. The van der Waals surface area contributed by atoms with E-state index >= 15 is 0 Å². The summed E-state index contributed by atoms with van der Waals surface area (Å²) in [4.78, 5) is 15.4. The van der Waals surface area contributed by atoms with E-state index in [0.717, 1.165) is 6.42 Å². The molecule has 0 aromatic heterocycles. The molecular formula is C21H41NO3Si2. The highest BCUT2D eigenvalue weighted by atomic mass is 28.4. The maximum atomic E-state index is 13.4. The molecule has 0 unspecified atom stereocenters. The lowest BCUT2D eigenvalue weighted by Crippen LogP contribution is -2.57. The fourth-order valence-corrected chi connectivity index (χ4v) is 5.91. The van der Waals surface area contributed by atoms with Crippen LogP contribution >= 0.6 is 0 Å². The zero-order valence-electron chi connectivity index (χ0n) is 19.4. The van der Waals surface area contributed by atoms with Crippen LogP contribution in [0.2, 0.25) is 36.3 Å². The number of carbonyl (C=O) groups is 1. The van der Waals surface area contributed by atoms with Crippen LogP contribution in [0.4, 0.5) is 0 Å². The average molecular weight is 412 g/mol. The zero-order chi connectivity index (χ0) is 21.1. The van der Waals surface area contributed by atoms with Crippen molar-refractivity contribution in [2.45, 2.75) is 109 Å². The van der Waals surface area contributed by atoms with Crippen molar-refractivity contribution in [1.29, 1.82) is 0 Å². The highest BCUT2D eigenvalue weighted by Gasteiger charge is 2.60. The molecule has 0 radical (unpaired) electrons. The number of hydrogen-bond acceptors (Lipinski definition) is 3. The van der Waals surface area contributed by atoms with Crippen LogP contribution in [-0.2, 0) is 13.6 Å². The summed E-state index contributed by atoms with van der Waals surface area (Å²) in [5.74, 6) is 0.107. The summed E-state index contributed by atoms with van der Waals surface area (Å²) in [6, 6.07) is 0. The van der Waals surface area contributed by atoms with Gasteiger partial charge in [0.25, 0.3) is 5.91 Å². The molecular weight excluding hydrogens is 370 g/mol. The van der Waals surface area contributed by atoms with E-state index in [0.29, 0.717) is 6.54 Å². The van der Waals surface area contributed by atoms with E-state index in [9.17, 15) is 4.79 Å². The predicted molar refractivity (Wildman–Crippen MR) is 118 cm³/mol. The van der Waals surface area contributed by atoms with E-state index in [4.69, 9.17) is 8.85 Å². The van der Waals surface area contributed by atoms with Gasteiger partial charge in [0.15, 0.2) is 22.7 Å². The van der Waals surface area contributed by atoms with E-state index in [1.165, 1.54) is 0 Å². The maximum Gasteiger partial charge on any atom is 0.254 e. The normalized spacial score (nSPS) is 30.0. The van der Waals surface area contributed by atoms with Gasteiger partial charge in [-0.05, 0) is 49.6 Å². The van der Waals surface area contributed by atoms with Crippen LogP contribution in [0.1, 0.15) is 54.9 Å². The monoisotopic (exact) mass is 411 g/mol. The Morgan fingerprint density at radius 2 is 1.44 bits per heavy atom. The molecule has 1 saturated heterocycles. The van der Waals surface area contributed by atoms with Crippen molar-refractivity contribution in [2.24, 2.45) is 0 Å². The molecule has 1 fully saturated rings. The Labute approximate surface area is 168 Å². The lowest BCUT2D eigenvalue weighted by Gasteiger charge is -2.47. The first kappa shape index (κ1) is 22.8. The Bertz CT molecular complexity index is 616. The molecule has 2 heterocycles. The van der Waals surface area contributed by atoms with Crippen molar-refractivity contribution >= 4 is 22.5 Å². The summed E-state index contributed by atoms with van der Waals surface area (Å²) < 4.78 is 13.6. The maximum absolute atomic E-state index is 13.4. The number of fused-ring (bicyclic) bond motifs is 1. The minimum absolute atomic E-state index is 0.0526. The van der Waals surface area contributed by atoms with Gasteiger partial charge in [-0.2, -0.15) is 0 Å². The summed E-state index contributed by atoms with van der Waals surface area (Å²) in [5.41, 5.74) is -0.325. The quantitative estimate of drug-likeness (QED) is 0.464. The number of nitrogens with zero attached hydrogens (tertiary/aromatic N) is 1. The topological polar surface area (TPSA) is 38.8 Å². The first-order valence-electron chi connectivity index (χ1n) is 10.3. The van der Waals surface area contributed by atoms with E-state index in [-0.39, 0.29) is 27.6 Å². The van der Waals surface area contributed by atoms with Crippen LogP contribution in [-0.4, -0.2) is 51.7 Å². The number of amides is 1. The lowest BCUT2D eigenvalue weighted by molar-refractivity contribution is -0.135. The molecule has 2 aliphatic heterocycles. The smallest absolute Gasteiger partial charge is 0.254 e. The standard InChI is InChI=1S/C21H41NO3Si2/c1-19(2,3)26(8,9)24-16-17(25-27(10,11)20(4,5)6)21(7)14-12-13-15-22(21)18(16)23/h12-13,16-17H,14-15H2,1-11H3/t16-,17-,21+/m0/s1. The van der Waals surface area contributed by atoms with Crippen LogP contribution in [0.15, 0.2) is 12.2 Å². The van der Waals surface area contributed by atoms with Crippen molar-refractivity contribution in [2.75, 3.05) is 6.54 Å². The predicted octanol–water partition coefficient (Wildman–Crippen LogP) is 5.33. The van der Waals surface area contributed by atoms with Crippen LogP contribution in [0, 0.1) is 0 Å². The Hall–Kier alpha value is -0.436. The van der Waals surface area contributed by atoms with Gasteiger partial charge in [0.2, 0.25) is 0 Å². The molecule has 0 bridgehead atoms. The highest BCUT2D eigenvalue weighted by molar-refractivity contribution is 6.74. The van der Waals surface area contributed by atoms with Crippen molar-refractivity contribution in [3.05, 3.63) is 12.2 Å². The molecule has 156 valence electrons. The van der Waals surface area contributed by atoms with Gasteiger partial charge in [0, 0.05) is 6.54 Å². The van der Waals surface area contributed by atoms with Crippen molar-refractivity contribution in [3.8, 4) is 0 Å². The third-order valence-corrected chi connectivity index (χ3v) is 16.4. The van der Waals surface area contributed by atoms with Gasteiger partial charge in [-0.25, -0.2) is 0 Å². The molecule has 3 atom stereocenters. The molecule has 0 aliphatic carbocycles. The Morgan fingerprint density at radius 1 is 0.963 bits per heavy atom. The summed E-state index contributed by atoms with van der Waals surface area (Å²) in [6.07, 6.45) is 4.41. The van der Waals surface area contributed by atoms with Crippen molar-refractivity contribution in [3.63, 3.8) is 0 Å². The summed E-state index contributed by atoms with van der Waals surface area (Å²) in [6.45, 7) is 25.2. The lowest BCUT2D eigenvalue weighted by atomic mass is 9.89. The minimum Gasteiger partial charge on any atom is -0.408 e. The Morgan fingerprint density at radius 3 is 1.93 bits per heavy atom. The molecule has 0 saturated carbocycles. The molecule has 27 heavy (non-hydrogen) atoms. The summed E-state index contributed by atoms with van der Waals surface area (Å²) in [7, 11) is -4.16. The molecule has 2 rings (SSSR count). The Kier molecular flexibility index (Phi) is 5.77. The van der Waals surface area contributed by atoms with Crippen LogP contribution in [0.5, 0.6) is 0 Å². The summed E-state index contributed by atoms with van der Waals surface area (Å²) >= 11 is 0. The van der Waals surface area contributed by atoms with Gasteiger partial charge in [0.1, 0.15) is 6.10 Å². The van der Waals surface area contributed by atoms with Gasteiger partial charge >= 0.3 is 0 Å². The molecule has 0 N–H and O–H groups in total. The van der Waals surface area contributed by atoms with E-state index in [1.807, 2.05) is 4.90 Å². The van der Waals surface area contributed by atoms with Crippen LogP contribution in [0.25, 0.3) is 0 Å². The second-order valence-electron chi connectivity index (χ2n) is 11.6.